The number of fused-ring (bicyclic) bond motifs is 2. The standard InChI is InChI=1S/C30H31N3O3/c1-20-15-30(36-32-20)28-17-26-27(31-28)7-4-8-29(26)35-19-25(34)18-33-13-11-22(12-14-33)24-10-9-21-5-2-3-6-23(21)16-24/h2-10,15-17,22,25,31,34H,11-14,18-19H2,1H3/t25-/m0/s1. The summed E-state index contributed by atoms with van der Waals surface area (Å²) in [5, 5.41) is 18.3. The van der Waals surface area contributed by atoms with E-state index in [1.54, 1.807) is 0 Å². The molecule has 5 aromatic rings. The summed E-state index contributed by atoms with van der Waals surface area (Å²) in [4.78, 5) is 5.72. The number of likely N-dealkylation sites (tertiary alicyclic amines) is 1. The van der Waals surface area contributed by atoms with Crippen LogP contribution in [0.1, 0.15) is 30.0 Å². The molecule has 0 bridgehead atoms. The summed E-state index contributed by atoms with van der Waals surface area (Å²) in [6.07, 6.45) is 1.67. The highest BCUT2D eigenvalue weighted by molar-refractivity contribution is 5.90. The summed E-state index contributed by atoms with van der Waals surface area (Å²) in [5.41, 5.74) is 4.08. The SMILES string of the molecule is Cc1cc(-c2cc3c(OC[C@@H](O)CN4CCC(c5ccc6ccccc6c5)CC4)cccc3[nH]2)on1. The molecule has 0 unspecified atom stereocenters. The Hall–Kier alpha value is -3.61. The number of nitrogens with one attached hydrogen (secondary N) is 1. The number of aryl methyl sites for hydroxylation is 1. The topological polar surface area (TPSA) is 74.5 Å². The third kappa shape index (κ3) is 4.74. The fraction of sp³-hybridized carbons (Fsp3) is 0.300. The van der Waals surface area contributed by atoms with Crippen LogP contribution in [0, 0.1) is 6.92 Å². The van der Waals surface area contributed by atoms with Crippen LogP contribution in [0.4, 0.5) is 0 Å². The molecule has 0 aliphatic carbocycles. The van der Waals surface area contributed by atoms with Crippen LogP contribution in [-0.4, -0.2) is 52.5 Å². The van der Waals surface area contributed by atoms with Gasteiger partial charge in [-0.3, -0.25) is 0 Å². The molecule has 1 fully saturated rings. The Labute approximate surface area is 210 Å². The second-order valence-electron chi connectivity index (χ2n) is 9.88. The Balaban J connectivity index is 1.04. The molecule has 2 aromatic heterocycles. The van der Waals surface area contributed by atoms with Gasteiger partial charge < -0.3 is 24.3 Å². The Morgan fingerprint density at radius 1 is 1.03 bits per heavy atom. The van der Waals surface area contributed by atoms with Gasteiger partial charge >= 0.3 is 0 Å². The van der Waals surface area contributed by atoms with Crippen molar-refractivity contribution in [3.05, 3.63) is 84.1 Å². The molecule has 1 aliphatic heterocycles. The Morgan fingerprint density at radius 3 is 2.67 bits per heavy atom. The summed E-state index contributed by atoms with van der Waals surface area (Å²) in [7, 11) is 0. The summed E-state index contributed by atoms with van der Waals surface area (Å²) in [6, 6.07) is 25.2. The number of aromatic nitrogens is 2. The molecule has 0 amide bonds. The van der Waals surface area contributed by atoms with Gasteiger partial charge in [0.15, 0.2) is 5.76 Å². The molecular weight excluding hydrogens is 450 g/mol. The van der Waals surface area contributed by atoms with Gasteiger partial charge in [-0.1, -0.05) is 53.7 Å². The molecule has 0 saturated carbocycles. The monoisotopic (exact) mass is 481 g/mol. The lowest BCUT2D eigenvalue weighted by Crippen LogP contribution is -2.40. The van der Waals surface area contributed by atoms with Crippen molar-refractivity contribution in [1.29, 1.82) is 0 Å². The van der Waals surface area contributed by atoms with Crippen LogP contribution in [0.25, 0.3) is 33.1 Å². The minimum Gasteiger partial charge on any atom is -0.490 e. The van der Waals surface area contributed by atoms with Crippen molar-refractivity contribution in [2.45, 2.75) is 31.8 Å². The quantitative estimate of drug-likeness (QED) is 0.303. The van der Waals surface area contributed by atoms with Gasteiger partial charge in [0, 0.05) is 23.5 Å². The van der Waals surface area contributed by atoms with Crippen molar-refractivity contribution >= 4 is 21.7 Å². The molecule has 1 aliphatic rings. The van der Waals surface area contributed by atoms with Gasteiger partial charge in [0.05, 0.1) is 11.4 Å². The van der Waals surface area contributed by atoms with Crippen molar-refractivity contribution in [3.63, 3.8) is 0 Å². The number of rotatable bonds is 7. The highest BCUT2D eigenvalue weighted by Crippen LogP contribution is 2.32. The van der Waals surface area contributed by atoms with Crippen LogP contribution >= 0.6 is 0 Å². The van der Waals surface area contributed by atoms with Crippen molar-refractivity contribution < 1.29 is 14.4 Å². The highest BCUT2D eigenvalue weighted by Gasteiger charge is 2.23. The Bertz CT molecular complexity index is 1480. The number of hydrogen-bond donors (Lipinski definition) is 2. The molecule has 6 rings (SSSR count). The maximum Gasteiger partial charge on any atom is 0.183 e. The molecule has 6 heteroatoms. The van der Waals surface area contributed by atoms with Crippen LogP contribution < -0.4 is 4.74 Å². The first-order chi connectivity index (χ1) is 17.6. The molecule has 3 aromatic carbocycles. The van der Waals surface area contributed by atoms with E-state index < -0.39 is 6.10 Å². The van der Waals surface area contributed by atoms with Crippen LogP contribution in [-0.2, 0) is 0 Å². The van der Waals surface area contributed by atoms with E-state index in [4.69, 9.17) is 9.26 Å². The molecule has 0 spiro atoms. The first-order valence-electron chi connectivity index (χ1n) is 12.7. The molecule has 184 valence electrons. The number of hydrogen-bond acceptors (Lipinski definition) is 5. The number of nitrogens with zero attached hydrogens (tertiary/aromatic N) is 2. The second-order valence-corrected chi connectivity index (χ2v) is 9.88. The number of β-amino-alcohol motifs (C(OH)–C–C–N with tert-alkyl or cyclic N) is 1. The van der Waals surface area contributed by atoms with Crippen LogP contribution in [0.2, 0.25) is 0 Å². The zero-order valence-corrected chi connectivity index (χ0v) is 20.5. The average molecular weight is 482 g/mol. The van der Waals surface area contributed by atoms with E-state index in [2.05, 4.69) is 57.5 Å². The van der Waals surface area contributed by atoms with Crippen molar-refractivity contribution in [1.82, 2.24) is 15.0 Å². The molecule has 2 N–H and O–H groups in total. The van der Waals surface area contributed by atoms with E-state index in [1.165, 1.54) is 16.3 Å². The minimum atomic E-state index is -0.548. The number of aliphatic hydroxyl groups excluding tert-OH is 1. The number of H-pyrrole nitrogens is 1. The zero-order chi connectivity index (χ0) is 24.5. The van der Waals surface area contributed by atoms with Crippen LogP contribution in [0.15, 0.2) is 77.3 Å². The van der Waals surface area contributed by atoms with Crippen molar-refractivity contribution in [3.8, 4) is 17.2 Å². The van der Waals surface area contributed by atoms with Gasteiger partial charge in [-0.2, -0.15) is 0 Å². The molecule has 3 heterocycles. The number of aliphatic hydroxyl groups is 1. The fourth-order valence-electron chi connectivity index (χ4n) is 5.32. The van der Waals surface area contributed by atoms with E-state index in [0.29, 0.717) is 18.2 Å². The summed E-state index contributed by atoms with van der Waals surface area (Å²) in [5.74, 6) is 2.02. The third-order valence-corrected chi connectivity index (χ3v) is 7.25. The van der Waals surface area contributed by atoms with Crippen LogP contribution in [0.5, 0.6) is 5.75 Å². The Kier molecular flexibility index (Phi) is 6.21. The number of ether oxygens (including phenoxy) is 1. The molecular formula is C30H31N3O3. The van der Waals surface area contributed by atoms with Gasteiger partial charge in [-0.25, -0.2) is 0 Å². The van der Waals surface area contributed by atoms with Gasteiger partial charge in [0.2, 0.25) is 0 Å². The third-order valence-electron chi connectivity index (χ3n) is 7.25. The van der Waals surface area contributed by atoms with Gasteiger partial charge in [0.25, 0.3) is 0 Å². The maximum atomic E-state index is 10.7. The van der Waals surface area contributed by atoms with Crippen molar-refractivity contribution in [2.24, 2.45) is 0 Å². The lowest BCUT2D eigenvalue weighted by Gasteiger charge is -2.33. The normalized spacial score (nSPS) is 16.1. The van der Waals surface area contributed by atoms with Gasteiger partial charge in [-0.15, -0.1) is 0 Å². The zero-order valence-electron chi connectivity index (χ0n) is 20.5. The predicted molar refractivity (Wildman–Crippen MR) is 142 cm³/mol. The summed E-state index contributed by atoms with van der Waals surface area (Å²) < 4.78 is 11.5. The highest BCUT2D eigenvalue weighted by atomic mass is 16.5. The average Bonchev–Trinajstić information content (AvgIpc) is 3.54. The van der Waals surface area contributed by atoms with E-state index in [0.717, 1.165) is 54.0 Å². The van der Waals surface area contributed by atoms with E-state index in [9.17, 15) is 5.11 Å². The molecule has 36 heavy (non-hydrogen) atoms. The molecule has 1 saturated heterocycles. The van der Waals surface area contributed by atoms with Gasteiger partial charge in [0.1, 0.15) is 18.5 Å². The lowest BCUT2D eigenvalue weighted by molar-refractivity contribution is 0.0599. The number of aromatic amines is 1. The Morgan fingerprint density at radius 2 is 1.86 bits per heavy atom. The van der Waals surface area contributed by atoms with E-state index in [1.807, 2.05) is 37.3 Å². The van der Waals surface area contributed by atoms with E-state index >= 15 is 0 Å². The first-order valence-corrected chi connectivity index (χ1v) is 12.7. The van der Waals surface area contributed by atoms with Crippen LogP contribution in [0.3, 0.4) is 0 Å². The van der Waals surface area contributed by atoms with Crippen molar-refractivity contribution in [2.75, 3.05) is 26.2 Å². The molecule has 0 radical (unpaired) electrons. The molecule has 1 atom stereocenters. The largest absolute Gasteiger partial charge is 0.490 e. The fourth-order valence-corrected chi connectivity index (χ4v) is 5.32. The lowest BCUT2D eigenvalue weighted by atomic mass is 9.88. The first kappa shape index (κ1) is 22.8. The summed E-state index contributed by atoms with van der Waals surface area (Å²) >= 11 is 0. The summed E-state index contributed by atoms with van der Waals surface area (Å²) in [6.45, 7) is 4.75. The second kappa shape index (κ2) is 9.80. The smallest absolute Gasteiger partial charge is 0.183 e. The van der Waals surface area contributed by atoms with Gasteiger partial charge in [-0.05, 0) is 73.3 Å². The number of benzene rings is 3. The predicted octanol–water partition coefficient (Wildman–Crippen LogP) is 5.90. The number of piperidine rings is 1. The van der Waals surface area contributed by atoms with E-state index in [-0.39, 0.29) is 6.61 Å². The maximum absolute atomic E-state index is 10.7. The molecule has 6 nitrogen and oxygen atoms in total. The minimum absolute atomic E-state index is 0.256.